The van der Waals surface area contributed by atoms with Gasteiger partial charge in [0.15, 0.2) is 11.3 Å². The molecule has 1 aromatic carbocycles. The first-order valence-corrected chi connectivity index (χ1v) is 9.61. The zero-order chi connectivity index (χ0) is 20.4. The van der Waals surface area contributed by atoms with Crippen molar-refractivity contribution in [1.82, 2.24) is 19.1 Å². The molecule has 0 aliphatic carbocycles. The van der Waals surface area contributed by atoms with Gasteiger partial charge < -0.3 is 0 Å². The number of hydrogen-bond acceptors (Lipinski definition) is 5. The number of benzene rings is 1. The molecular weight excluding hydrogens is 436 g/mol. The summed E-state index contributed by atoms with van der Waals surface area (Å²) in [7, 11) is 0. The molecule has 3 heterocycles. The fourth-order valence-electron chi connectivity index (χ4n) is 3.09. The number of fused-ring (bicyclic) bond motifs is 1. The largest absolute Gasteiger partial charge is 0.332 e. The van der Waals surface area contributed by atoms with Gasteiger partial charge in [0.2, 0.25) is 0 Å². The van der Waals surface area contributed by atoms with Crippen LogP contribution in [-0.4, -0.2) is 24.9 Å². The van der Waals surface area contributed by atoms with Crippen LogP contribution in [0.4, 0.5) is 0 Å². The molecule has 0 saturated carbocycles. The minimum Gasteiger partial charge on any atom is -0.292 e. The van der Waals surface area contributed by atoms with Crippen molar-refractivity contribution in [1.29, 1.82) is 0 Å². The van der Waals surface area contributed by atoms with Crippen LogP contribution in [0.3, 0.4) is 0 Å². The van der Waals surface area contributed by atoms with Crippen LogP contribution in [0.25, 0.3) is 11.0 Å². The summed E-state index contributed by atoms with van der Waals surface area (Å²) in [5, 5.41) is 0. The van der Waals surface area contributed by atoms with Crippen molar-refractivity contribution in [2.24, 2.45) is 0 Å². The van der Waals surface area contributed by atoms with Crippen LogP contribution in [0, 0.1) is 0 Å². The summed E-state index contributed by atoms with van der Waals surface area (Å²) in [6, 6.07) is 15.4. The Bertz CT molecular complexity index is 1330. The lowest BCUT2D eigenvalue weighted by atomic mass is 10.1. The standard InChI is InChI=1S/C21H15BrN4O3/c22-15-6-3-5-14(11-15)18(27)13-25-17-8-4-10-24-19(17)20(28)26(21(25)29)12-16-7-1-2-9-23-16/h1-11H,12-13H2. The van der Waals surface area contributed by atoms with Crippen LogP contribution in [0.2, 0.25) is 0 Å². The molecule has 7 nitrogen and oxygen atoms in total. The van der Waals surface area contributed by atoms with E-state index in [1.807, 2.05) is 6.07 Å². The van der Waals surface area contributed by atoms with Crippen LogP contribution in [0.15, 0.2) is 81.1 Å². The van der Waals surface area contributed by atoms with E-state index in [0.29, 0.717) is 16.8 Å². The van der Waals surface area contributed by atoms with Crippen molar-refractivity contribution in [3.8, 4) is 0 Å². The summed E-state index contributed by atoms with van der Waals surface area (Å²) < 4.78 is 3.12. The second-order valence-corrected chi connectivity index (χ2v) is 7.30. The predicted molar refractivity (Wildman–Crippen MR) is 112 cm³/mol. The predicted octanol–water partition coefficient (Wildman–Crippen LogP) is 2.65. The number of hydrogen-bond donors (Lipinski definition) is 0. The average Bonchev–Trinajstić information content (AvgIpc) is 2.75. The van der Waals surface area contributed by atoms with E-state index in [4.69, 9.17) is 0 Å². The Morgan fingerprint density at radius 2 is 1.76 bits per heavy atom. The molecule has 0 fully saturated rings. The Balaban J connectivity index is 1.85. The van der Waals surface area contributed by atoms with Gasteiger partial charge in [-0.2, -0.15) is 0 Å². The highest BCUT2D eigenvalue weighted by molar-refractivity contribution is 9.10. The highest BCUT2D eigenvalue weighted by Crippen LogP contribution is 2.13. The third kappa shape index (κ3) is 3.79. The Morgan fingerprint density at radius 3 is 2.52 bits per heavy atom. The van der Waals surface area contributed by atoms with Crippen molar-refractivity contribution >= 4 is 32.7 Å². The maximum Gasteiger partial charge on any atom is 0.332 e. The molecule has 0 unspecified atom stereocenters. The number of carbonyl (C=O) groups excluding carboxylic acids is 1. The monoisotopic (exact) mass is 450 g/mol. The molecule has 0 aliphatic rings. The Labute approximate surface area is 173 Å². The topological polar surface area (TPSA) is 86.9 Å². The van der Waals surface area contributed by atoms with Crippen LogP contribution in [0.5, 0.6) is 0 Å². The Kier molecular flexibility index (Phi) is 5.18. The summed E-state index contributed by atoms with van der Waals surface area (Å²) in [6.45, 7) is -0.212. The van der Waals surface area contributed by atoms with E-state index < -0.39 is 11.2 Å². The molecule has 8 heteroatoms. The first kappa shape index (κ1) is 18.9. The number of ketones is 1. The van der Waals surface area contributed by atoms with Crippen LogP contribution in [-0.2, 0) is 13.1 Å². The van der Waals surface area contributed by atoms with E-state index >= 15 is 0 Å². The molecule has 0 atom stereocenters. The molecule has 0 bridgehead atoms. The van der Waals surface area contributed by atoms with E-state index in [2.05, 4.69) is 25.9 Å². The minimum absolute atomic E-state index is 0.00387. The second kappa shape index (κ2) is 7.92. The van der Waals surface area contributed by atoms with Gasteiger partial charge in [-0.05, 0) is 36.4 Å². The minimum atomic E-state index is -0.579. The van der Waals surface area contributed by atoms with Crippen molar-refractivity contribution in [2.45, 2.75) is 13.1 Å². The number of nitrogens with zero attached hydrogens (tertiary/aromatic N) is 4. The molecule has 144 valence electrons. The smallest absolute Gasteiger partial charge is 0.292 e. The zero-order valence-corrected chi connectivity index (χ0v) is 16.7. The van der Waals surface area contributed by atoms with Gasteiger partial charge in [-0.15, -0.1) is 0 Å². The van der Waals surface area contributed by atoms with Crippen molar-refractivity contribution in [2.75, 3.05) is 0 Å². The van der Waals surface area contributed by atoms with Gasteiger partial charge in [0.25, 0.3) is 5.56 Å². The zero-order valence-electron chi connectivity index (χ0n) is 15.2. The summed E-state index contributed by atoms with van der Waals surface area (Å²) in [5.74, 6) is -0.249. The Hall–Kier alpha value is -3.39. The van der Waals surface area contributed by atoms with E-state index in [1.165, 1.54) is 10.8 Å². The van der Waals surface area contributed by atoms with Gasteiger partial charge in [0, 0.05) is 22.4 Å². The molecule has 0 saturated heterocycles. The van der Waals surface area contributed by atoms with Gasteiger partial charge in [-0.25, -0.2) is 9.78 Å². The maximum atomic E-state index is 13.2. The van der Waals surface area contributed by atoms with Crippen molar-refractivity contribution in [3.05, 3.63) is 104 Å². The van der Waals surface area contributed by atoms with E-state index in [0.717, 1.165) is 9.04 Å². The fourth-order valence-corrected chi connectivity index (χ4v) is 3.48. The highest BCUT2D eigenvalue weighted by Gasteiger charge is 2.17. The summed E-state index contributed by atoms with van der Waals surface area (Å²) in [4.78, 5) is 47.2. The van der Waals surface area contributed by atoms with Gasteiger partial charge in [-0.1, -0.05) is 34.1 Å². The number of carbonyl (C=O) groups is 1. The lowest BCUT2D eigenvalue weighted by Gasteiger charge is -2.13. The maximum absolute atomic E-state index is 13.2. The highest BCUT2D eigenvalue weighted by atomic mass is 79.9. The average molecular weight is 451 g/mol. The lowest BCUT2D eigenvalue weighted by Crippen LogP contribution is -2.41. The van der Waals surface area contributed by atoms with Gasteiger partial charge in [0.05, 0.1) is 24.3 Å². The molecule has 0 radical (unpaired) electrons. The van der Waals surface area contributed by atoms with Gasteiger partial charge in [-0.3, -0.25) is 23.7 Å². The number of Topliss-reactive ketones (excluding diaryl/α,β-unsaturated/α-hetero) is 1. The molecule has 0 spiro atoms. The molecule has 0 amide bonds. The van der Waals surface area contributed by atoms with E-state index in [-0.39, 0.29) is 24.4 Å². The molecule has 0 N–H and O–H groups in total. The summed E-state index contributed by atoms with van der Waals surface area (Å²) in [6.07, 6.45) is 3.08. The normalized spacial score (nSPS) is 10.9. The third-order valence-electron chi connectivity index (χ3n) is 4.48. The van der Waals surface area contributed by atoms with Crippen LogP contribution < -0.4 is 11.2 Å². The van der Waals surface area contributed by atoms with Crippen LogP contribution >= 0.6 is 15.9 Å². The quantitative estimate of drug-likeness (QED) is 0.436. The first-order chi connectivity index (χ1) is 14.0. The number of halogens is 1. The lowest BCUT2D eigenvalue weighted by molar-refractivity contribution is 0.0971. The number of pyridine rings is 2. The third-order valence-corrected chi connectivity index (χ3v) is 4.97. The second-order valence-electron chi connectivity index (χ2n) is 6.39. The molecule has 4 rings (SSSR count). The number of aromatic nitrogens is 4. The fraction of sp³-hybridized carbons (Fsp3) is 0.0952. The van der Waals surface area contributed by atoms with Crippen molar-refractivity contribution < 1.29 is 4.79 Å². The van der Waals surface area contributed by atoms with Gasteiger partial charge in [0.1, 0.15) is 0 Å². The molecule has 4 aromatic rings. The SMILES string of the molecule is O=C(Cn1c(=O)n(Cc2ccccn2)c(=O)c2ncccc21)c1cccc(Br)c1. The summed E-state index contributed by atoms with van der Waals surface area (Å²) >= 11 is 3.35. The van der Waals surface area contributed by atoms with E-state index in [1.54, 1.807) is 54.7 Å². The van der Waals surface area contributed by atoms with E-state index in [9.17, 15) is 14.4 Å². The number of rotatable bonds is 5. The Morgan fingerprint density at radius 1 is 0.931 bits per heavy atom. The molecule has 29 heavy (non-hydrogen) atoms. The molecule has 3 aromatic heterocycles. The molecular formula is C21H15BrN4O3. The van der Waals surface area contributed by atoms with Crippen molar-refractivity contribution in [3.63, 3.8) is 0 Å². The van der Waals surface area contributed by atoms with Crippen LogP contribution in [0.1, 0.15) is 16.1 Å². The molecule has 0 aliphatic heterocycles. The first-order valence-electron chi connectivity index (χ1n) is 8.81. The van der Waals surface area contributed by atoms with Gasteiger partial charge >= 0.3 is 5.69 Å². The summed E-state index contributed by atoms with van der Waals surface area (Å²) in [5.41, 5.74) is 0.387.